The number of nitrogens with zero attached hydrogens (tertiary/aromatic N) is 2. The van der Waals surface area contributed by atoms with Gasteiger partial charge in [0.05, 0.1) is 11.9 Å². The van der Waals surface area contributed by atoms with Gasteiger partial charge < -0.3 is 10.6 Å². The van der Waals surface area contributed by atoms with E-state index in [1.54, 1.807) is 5.32 Å². The third-order valence-corrected chi connectivity index (χ3v) is 2.33. The summed E-state index contributed by atoms with van der Waals surface area (Å²) in [5, 5.41) is 7.85. The first-order chi connectivity index (χ1) is 9.12. The third-order valence-electron chi connectivity index (χ3n) is 2.33. The minimum atomic E-state index is -5.03. The van der Waals surface area contributed by atoms with Crippen molar-refractivity contribution >= 4 is 17.5 Å². The van der Waals surface area contributed by atoms with Gasteiger partial charge in [0.1, 0.15) is 5.69 Å². The van der Waals surface area contributed by atoms with Crippen LogP contribution in [-0.4, -0.2) is 34.3 Å². The van der Waals surface area contributed by atoms with Crippen LogP contribution in [0, 0.1) is 5.92 Å². The maximum absolute atomic E-state index is 12.2. The summed E-state index contributed by atoms with van der Waals surface area (Å²) in [6, 6.07) is 0. The lowest BCUT2D eigenvalue weighted by Gasteiger charge is -2.11. The number of aromatic nitrogens is 2. The zero-order chi connectivity index (χ0) is 15.5. The van der Waals surface area contributed by atoms with Crippen molar-refractivity contribution in [2.24, 2.45) is 13.0 Å². The monoisotopic (exact) mass is 292 g/mol. The smallest absolute Gasteiger partial charge is 0.350 e. The molecule has 112 valence electrons. The van der Waals surface area contributed by atoms with Crippen molar-refractivity contribution in [2.45, 2.75) is 20.0 Å². The van der Waals surface area contributed by atoms with E-state index in [0.717, 1.165) is 10.9 Å². The van der Waals surface area contributed by atoms with Crippen LogP contribution in [0.4, 0.5) is 18.9 Å². The molecule has 1 aromatic rings. The highest BCUT2D eigenvalue weighted by Gasteiger charge is 2.39. The average molecular weight is 292 g/mol. The van der Waals surface area contributed by atoms with E-state index < -0.39 is 18.0 Å². The molecule has 2 N–H and O–H groups in total. The normalized spacial score (nSPS) is 11.6. The number of carbonyl (C=O) groups excluding carboxylic acids is 2. The number of aryl methyl sites for hydroxylation is 1. The van der Waals surface area contributed by atoms with Crippen LogP contribution < -0.4 is 10.6 Å². The Morgan fingerprint density at radius 3 is 2.50 bits per heavy atom. The van der Waals surface area contributed by atoms with Gasteiger partial charge in [-0.3, -0.25) is 14.3 Å². The zero-order valence-corrected chi connectivity index (χ0v) is 11.2. The average Bonchev–Trinajstić information content (AvgIpc) is 2.66. The van der Waals surface area contributed by atoms with Gasteiger partial charge in [-0.05, 0) is 5.92 Å². The molecule has 1 rings (SSSR count). The first kappa shape index (κ1) is 16.0. The second-order valence-electron chi connectivity index (χ2n) is 4.59. The molecule has 0 saturated carbocycles. The molecular formula is C11H15F3N4O2. The highest BCUT2D eigenvalue weighted by atomic mass is 19.4. The van der Waals surface area contributed by atoms with E-state index in [2.05, 4.69) is 10.4 Å². The van der Waals surface area contributed by atoms with Crippen LogP contribution in [0.2, 0.25) is 0 Å². The van der Waals surface area contributed by atoms with Crippen LogP contribution in [0.5, 0.6) is 0 Å². The van der Waals surface area contributed by atoms with E-state index >= 15 is 0 Å². The summed E-state index contributed by atoms with van der Waals surface area (Å²) >= 11 is 0. The molecule has 1 heterocycles. The van der Waals surface area contributed by atoms with Gasteiger partial charge in [-0.1, -0.05) is 13.8 Å². The molecule has 0 aliphatic carbocycles. The number of hydrogen-bond donors (Lipinski definition) is 2. The number of anilines is 1. The van der Waals surface area contributed by atoms with Gasteiger partial charge in [-0.25, -0.2) is 0 Å². The van der Waals surface area contributed by atoms with E-state index in [9.17, 15) is 22.8 Å². The van der Waals surface area contributed by atoms with Crippen molar-refractivity contribution < 1.29 is 22.8 Å². The SMILES string of the molecule is CC(C)CNC(=O)c1c(NC(=O)C(F)(F)F)cnn1C. The summed E-state index contributed by atoms with van der Waals surface area (Å²) in [6.07, 6.45) is -4.03. The molecule has 20 heavy (non-hydrogen) atoms. The highest BCUT2D eigenvalue weighted by Crippen LogP contribution is 2.20. The lowest BCUT2D eigenvalue weighted by atomic mass is 10.2. The molecule has 0 aliphatic heterocycles. The molecular weight excluding hydrogens is 277 g/mol. The van der Waals surface area contributed by atoms with Gasteiger partial charge in [0.2, 0.25) is 0 Å². The lowest BCUT2D eigenvalue weighted by Crippen LogP contribution is -2.33. The zero-order valence-electron chi connectivity index (χ0n) is 11.2. The Balaban J connectivity index is 2.90. The summed E-state index contributed by atoms with van der Waals surface area (Å²) < 4.78 is 37.7. The van der Waals surface area contributed by atoms with Crippen LogP contribution >= 0.6 is 0 Å². The molecule has 0 saturated heterocycles. The maximum Gasteiger partial charge on any atom is 0.471 e. The minimum absolute atomic E-state index is 0.136. The Labute approximate surface area is 113 Å². The van der Waals surface area contributed by atoms with E-state index in [4.69, 9.17) is 0 Å². The van der Waals surface area contributed by atoms with Gasteiger partial charge in [-0.15, -0.1) is 0 Å². The van der Waals surface area contributed by atoms with Crippen LogP contribution in [0.25, 0.3) is 0 Å². The van der Waals surface area contributed by atoms with Crippen LogP contribution in [0.1, 0.15) is 24.3 Å². The molecule has 0 fully saturated rings. The number of rotatable bonds is 4. The molecule has 0 atom stereocenters. The van der Waals surface area contributed by atoms with Crippen molar-refractivity contribution in [3.8, 4) is 0 Å². The topological polar surface area (TPSA) is 76.0 Å². The summed E-state index contributed by atoms with van der Waals surface area (Å²) in [5.41, 5.74) is -0.417. The van der Waals surface area contributed by atoms with Crippen molar-refractivity contribution in [1.29, 1.82) is 0 Å². The van der Waals surface area contributed by atoms with Crippen LogP contribution in [0.3, 0.4) is 0 Å². The predicted octanol–water partition coefficient (Wildman–Crippen LogP) is 1.31. The van der Waals surface area contributed by atoms with Gasteiger partial charge >= 0.3 is 12.1 Å². The molecule has 0 radical (unpaired) electrons. The highest BCUT2D eigenvalue weighted by molar-refractivity contribution is 6.03. The number of carbonyl (C=O) groups is 2. The fourth-order valence-electron chi connectivity index (χ4n) is 1.37. The molecule has 0 spiro atoms. The van der Waals surface area contributed by atoms with E-state index in [0.29, 0.717) is 6.54 Å². The van der Waals surface area contributed by atoms with E-state index in [1.807, 2.05) is 13.8 Å². The quantitative estimate of drug-likeness (QED) is 0.878. The first-order valence-corrected chi connectivity index (χ1v) is 5.81. The fourth-order valence-corrected chi connectivity index (χ4v) is 1.37. The first-order valence-electron chi connectivity index (χ1n) is 5.81. The van der Waals surface area contributed by atoms with Crippen molar-refractivity contribution in [2.75, 3.05) is 11.9 Å². The molecule has 2 amide bonds. The molecule has 0 bridgehead atoms. The van der Waals surface area contributed by atoms with Gasteiger partial charge in [0.25, 0.3) is 5.91 Å². The minimum Gasteiger partial charge on any atom is -0.350 e. The Morgan fingerprint density at radius 1 is 1.40 bits per heavy atom. The van der Waals surface area contributed by atoms with Crippen molar-refractivity contribution in [1.82, 2.24) is 15.1 Å². The molecule has 6 nitrogen and oxygen atoms in total. The van der Waals surface area contributed by atoms with E-state index in [1.165, 1.54) is 7.05 Å². The summed E-state index contributed by atoms with van der Waals surface area (Å²) in [4.78, 5) is 22.8. The fraction of sp³-hybridized carbons (Fsp3) is 0.545. The van der Waals surface area contributed by atoms with Gasteiger partial charge in [-0.2, -0.15) is 18.3 Å². The summed E-state index contributed by atoms with van der Waals surface area (Å²) in [5.74, 6) is -2.57. The second-order valence-corrected chi connectivity index (χ2v) is 4.59. The summed E-state index contributed by atoms with van der Waals surface area (Å²) in [7, 11) is 1.40. The number of nitrogens with one attached hydrogen (secondary N) is 2. The lowest BCUT2D eigenvalue weighted by molar-refractivity contribution is -0.167. The molecule has 9 heteroatoms. The maximum atomic E-state index is 12.2. The third kappa shape index (κ3) is 3.97. The van der Waals surface area contributed by atoms with E-state index in [-0.39, 0.29) is 17.3 Å². The standard InChI is InChI=1S/C11H15F3N4O2/c1-6(2)4-15-9(19)8-7(5-16-18(8)3)17-10(20)11(12,13)14/h5-6H,4H2,1-3H3,(H,15,19)(H,17,20). The molecule has 0 aliphatic rings. The number of hydrogen-bond acceptors (Lipinski definition) is 3. The van der Waals surface area contributed by atoms with Crippen LogP contribution in [0.15, 0.2) is 6.20 Å². The van der Waals surface area contributed by atoms with Crippen molar-refractivity contribution in [3.05, 3.63) is 11.9 Å². The van der Waals surface area contributed by atoms with Gasteiger partial charge in [0, 0.05) is 13.6 Å². The Hall–Kier alpha value is -2.06. The molecule has 0 aromatic carbocycles. The number of amides is 2. The molecule has 1 aromatic heterocycles. The van der Waals surface area contributed by atoms with Gasteiger partial charge in [0.15, 0.2) is 0 Å². The largest absolute Gasteiger partial charge is 0.471 e. The van der Waals surface area contributed by atoms with Crippen LogP contribution in [-0.2, 0) is 11.8 Å². The Kier molecular flexibility index (Phi) is 4.74. The predicted molar refractivity (Wildman–Crippen MR) is 65.1 cm³/mol. The second kappa shape index (κ2) is 5.93. The summed E-state index contributed by atoms with van der Waals surface area (Å²) in [6.45, 7) is 4.10. The molecule has 0 unspecified atom stereocenters. The Morgan fingerprint density at radius 2 is 2.00 bits per heavy atom. The number of alkyl halides is 3. The van der Waals surface area contributed by atoms with Crippen molar-refractivity contribution in [3.63, 3.8) is 0 Å². The Bertz CT molecular complexity index is 508. The number of halogens is 3.